The second-order valence-electron chi connectivity index (χ2n) is 8.15. The van der Waals surface area contributed by atoms with Gasteiger partial charge in [0.25, 0.3) is 5.91 Å². The van der Waals surface area contributed by atoms with E-state index in [1.54, 1.807) is 7.11 Å². The van der Waals surface area contributed by atoms with Crippen LogP contribution in [-0.4, -0.2) is 44.1 Å². The van der Waals surface area contributed by atoms with Gasteiger partial charge in [-0.2, -0.15) is 0 Å². The molecule has 0 spiro atoms. The molecule has 0 atom stereocenters. The third-order valence-corrected chi connectivity index (χ3v) is 6.30. The summed E-state index contributed by atoms with van der Waals surface area (Å²) >= 11 is 0. The van der Waals surface area contributed by atoms with Crippen molar-refractivity contribution >= 4 is 17.3 Å². The van der Waals surface area contributed by atoms with Crippen molar-refractivity contribution in [3.05, 3.63) is 89.5 Å². The van der Waals surface area contributed by atoms with E-state index in [0.29, 0.717) is 11.3 Å². The number of hydrogen-bond acceptors (Lipinski definition) is 4. The number of methoxy groups -OCH3 is 1. The Morgan fingerprint density at radius 2 is 1.35 bits per heavy atom. The first-order valence-corrected chi connectivity index (χ1v) is 10.8. The summed E-state index contributed by atoms with van der Waals surface area (Å²) in [5.74, 6) is 0.785. The van der Waals surface area contributed by atoms with Crippen molar-refractivity contribution in [2.75, 3.05) is 43.1 Å². The fourth-order valence-corrected chi connectivity index (χ4v) is 4.50. The van der Waals surface area contributed by atoms with Gasteiger partial charge in [-0.25, -0.2) is 0 Å². The normalized spacial score (nSPS) is 15.7. The molecule has 0 saturated carbocycles. The van der Waals surface area contributed by atoms with Gasteiger partial charge < -0.3 is 19.4 Å². The Morgan fingerprint density at radius 3 is 1.97 bits per heavy atom. The molecule has 0 radical (unpaired) electrons. The Hall–Kier alpha value is -3.47. The van der Waals surface area contributed by atoms with Gasteiger partial charge >= 0.3 is 0 Å². The van der Waals surface area contributed by atoms with E-state index in [9.17, 15) is 4.79 Å². The van der Waals surface area contributed by atoms with Crippen LogP contribution in [0.4, 0.5) is 11.4 Å². The van der Waals surface area contributed by atoms with E-state index >= 15 is 0 Å². The summed E-state index contributed by atoms with van der Waals surface area (Å²) in [5.41, 5.74) is 6.00. The van der Waals surface area contributed by atoms with E-state index in [2.05, 4.69) is 58.3 Å². The molecule has 5 heteroatoms. The van der Waals surface area contributed by atoms with E-state index in [1.807, 2.05) is 29.2 Å². The van der Waals surface area contributed by atoms with Gasteiger partial charge in [0.2, 0.25) is 0 Å². The molecule has 1 fully saturated rings. The van der Waals surface area contributed by atoms with Gasteiger partial charge in [0.1, 0.15) is 5.75 Å². The van der Waals surface area contributed by atoms with Crippen molar-refractivity contribution in [1.29, 1.82) is 0 Å². The quantitative estimate of drug-likeness (QED) is 0.643. The van der Waals surface area contributed by atoms with E-state index < -0.39 is 0 Å². The smallest absolute Gasteiger partial charge is 0.254 e. The molecule has 0 N–H and O–H groups in total. The molecule has 5 rings (SSSR count). The highest BCUT2D eigenvalue weighted by molar-refractivity contribution is 5.94. The largest absolute Gasteiger partial charge is 0.497 e. The van der Waals surface area contributed by atoms with Gasteiger partial charge in [-0.3, -0.25) is 4.79 Å². The molecule has 1 saturated heterocycles. The highest BCUT2D eigenvalue weighted by Gasteiger charge is 2.23. The van der Waals surface area contributed by atoms with Crippen LogP contribution >= 0.6 is 0 Å². The number of ether oxygens (including phenoxy) is 1. The average Bonchev–Trinajstić information content (AvgIpc) is 3.28. The Morgan fingerprint density at radius 1 is 0.742 bits per heavy atom. The third kappa shape index (κ3) is 3.96. The first-order valence-electron chi connectivity index (χ1n) is 10.8. The van der Waals surface area contributed by atoms with Gasteiger partial charge in [-0.05, 0) is 53.6 Å². The Kier molecular flexibility index (Phi) is 5.24. The molecule has 0 unspecified atom stereocenters. The lowest BCUT2D eigenvalue weighted by Crippen LogP contribution is -2.48. The van der Waals surface area contributed by atoms with E-state index in [0.717, 1.165) is 39.3 Å². The predicted molar refractivity (Wildman–Crippen MR) is 124 cm³/mol. The number of hydrogen-bond donors (Lipinski definition) is 0. The van der Waals surface area contributed by atoms with Gasteiger partial charge in [0, 0.05) is 56.2 Å². The zero-order chi connectivity index (χ0) is 21.2. The first-order chi connectivity index (χ1) is 15.2. The summed E-state index contributed by atoms with van der Waals surface area (Å²) in [7, 11) is 1.62. The van der Waals surface area contributed by atoms with Gasteiger partial charge in [-0.15, -0.1) is 0 Å². The lowest BCUT2D eigenvalue weighted by atomic mass is 10.1. The number of anilines is 2. The van der Waals surface area contributed by atoms with Crippen molar-refractivity contribution in [2.24, 2.45) is 0 Å². The van der Waals surface area contributed by atoms with Crippen LogP contribution in [0.25, 0.3) is 0 Å². The maximum atomic E-state index is 12.8. The molecule has 2 aliphatic heterocycles. The first kappa shape index (κ1) is 19.5. The molecule has 0 aliphatic carbocycles. The predicted octanol–water partition coefficient (Wildman–Crippen LogP) is 4.18. The highest BCUT2D eigenvalue weighted by atomic mass is 16.5. The Labute approximate surface area is 183 Å². The summed E-state index contributed by atoms with van der Waals surface area (Å²) in [6.45, 7) is 5.06. The lowest BCUT2D eigenvalue weighted by Gasteiger charge is -2.36. The maximum Gasteiger partial charge on any atom is 0.254 e. The molecule has 3 aromatic rings. The molecule has 3 aromatic carbocycles. The van der Waals surface area contributed by atoms with Gasteiger partial charge in [-0.1, -0.05) is 30.3 Å². The molecular weight excluding hydrogens is 386 g/mol. The molecular formula is C26H27N3O2. The standard InChI is InChI=1S/C26H27N3O2/c1-31-25-8-4-7-20(17-25)26(30)28-15-13-27(14-16-28)23-9-11-24(12-10-23)29-18-21-5-2-3-6-22(21)19-29/h2-12,17H,13-16,18-19H2,1H3. The van der Waals surface area contributed by atoms with Crippen LogP contribution < -0.4 is 14.5 Å². The topological polar surface area (TPSA) is 36.0 Å². The lowest BCUT2D eigenvalue weighted by molar-refractivity contribution is 0.0746. The third-order valence-electron chi connectivity index (χ3n) is 6.30. The number of carbonyl (C=O) groups is 1. The number of benzene rings is 3. The zero-order valence-corrected chi connectivity index (χ0v) is 17.8. The van der Waals surface area contributed by atoms with Crippen molar-refractivity contribution in [2.45, 2.75) is 13.1 Å². The van der Waals surface area contributed by atoms with E-state index in [1.165, 1.54) is 22.5 Å². The zero-order valence-electron chi connectivity index (χ0n) is 17.8. The molecule has 2 heterocycles. The fraction of sp³-hybridized carbons (Fsp3) is 0.269. The molecule has 2 aliphatic rings. The molecule has 0 bridgehead atoms. The number of rotatable bonds is 4. The minimum Gasteiger partial charge on any atom is -0.497 e. The molecule has 158 valence electrons. The number of carbonyl (C=O) groups excluding carboxylic acids is 1. The Balaban J connectivity index is 1.20. The number of amides is 1. The van der Waals surface area contributed by atoms with Crippen LogP contribution in [-0.2, 0) is 13.1 Å². The summed E-state index contributed by atoms with van der Waals surface area (Å²) in [6.07, 6.45) is 0. The van der Waals surface area contributed by atoms with Gasteiger partial charge in [0.15, 0.2) is 0 Å². The number of piperazine rings is 1. The van der Waals surface area contributed by atoms with Crippen molar-refractivity contribution < 1.29 is 9.53 Å². The van der Waals surface area contributed by atoms with Crippen molar-refractivity contribution in [3.8, 4) is 5.75 Å². The van der Waals surface area contributed by atoms with Crippen LogP contribution in [0.15, 0.2) is 72.8 Å². The van der Waals surface area contributed by atoms with Crippen molar-refractivity contribution in [1.82, 2.24) is 4.90 Å². The fourth-order valence-electron chi connectivity index (χ4n) is 4.50. The molecule has 31 heavy (non-hydrogen) atoms. The van der Waals surface area contributed by atoms with Crippen LogP contribution in [0.2, 0.25) is 0 Å². The molecule has 1 amide bonds. The number of fused-ring (bicyclic) bond motifs is 1. The minimum absolute atomic E-state index is 0.0718. The monoisotopic (exact) mass is 413 g/mol. The molecule has 5 nitrogen and oxygen atoms in total. The summed E-state index contributed by atoms with van der Waals surface area (Å²) in [6, 6.07) is 24.9. The van der Waals surface area contributed by atoms with Gasteiger partial charge in [0.05, 0.1) is 7.11 Å². The molecule has 0 aromatic heterocycles. The average molecular weight is 414 g/mol. The van der Waals surface area contributed by atoms with E-state index in [-0.39, 0.29) is 5.91 Å². The van der Waals surface area contributed by atoms with Crippen LogP contribution in [0, 0.1) is 0 Å². The Bertz CT molecular complexity index is 1050. The number of nitrogens with zero attached hydrogens (tertiary/aromatic N) is 3. The van der Waals surface area contributed by atoms with Crippen LogP contribution in [0.1, 0.15) is 21.5 Å². The van der Waals surface area contributed by atoms with Crippen molar-refractivity contribution in [3.63, 3.8) is 0 Å². The highest BCUT2D eigenvalue weighted by Crippen LogP contribution is 2.30. The van der Waals surface area contributed by atoms with Crippen LogP contribution in [0.3, 0.4) is 0 Å². The summed E-state index contributed by atoms with van der Waals surface area (Å²) in [5, 5.41) is 0. The van der Waals surface area contributed by atoms with E-state index in [4.69, 9.17) is 4.74 Å². The summed E-state index contributed by atoms with van der Waals surface area (Å²) in [4.78, 5) is 19.5. The summed E-state index contributed by atoms with van der Waals surface area (Å²) < 4.78 is 5.25. The minimum atomic E-state index is 0.0718. The van der Waals surface area contributed by atoms with Crippen LogP contribution in [0.5, 0.6) is 5.75 Å². The second-order valence-corrected chi connectivity index (χ2v) is 8.15. The second kappa shape index (κ2) is 8.34. The maximum absolute atomic E-state index is 12.8. The SMILES string of the molecule is COc1cccc(C(=O)N2CCN(c3ccc(N4Cc5ccccc5C4)cc3)CC2)c1.